The number of carbonyl (C=O) groups excluding carboxylic acids is 1. The number of thioether (sulfide) groups is 1. The highest BCUT2D eigenvalue weighted by Crippen LogP contribution is 2.27. The van der Waals surface area contributed by atoms with Gasteiger partial charge in [-0.25, -0.2) is 4.79 Å². The van der Waals surface area contributed by atoms with Crippen molar-refractivity contribution in [2.24, 2.45) is 0 Å². The van der Waals surface area contributed by atoms with Crippen molar-refractivity contribution in [3.63, 3.8) is 0 Å². The van der Waals surface area contributed by atoms with Crippen LogP contribution in [-0.4, -0.2) is 23.3 Å². The van der Waals surface area contributed by atoms with Gasteiger partial charge in [-0.3, -0.25) is 5.32 Å². The summed E-state index contributed by atoms with van der Waals surface area (Å²) in [5.41, 5.74) is 0.630. The largest absolute Gasteiger partial charge is 0.497 e. The molecule has 2 aromatic carbocycles. The van der Waals surface area contributed by atoms with Crippen molar-refractivity contribution in [2.75, 3.05) is 17.7 Å². The Morgan fingerprint density at radius 1 is 1.19 bits per heavy atom. The molecule has 0 radical (unpaired) electrons. The van der Waals surface area contributed by atoms with Crippen molar-refractivity contribution in [1.29, 1.82) is 0 Å². The average Bonchev–Trinajstić information content (AvgIpc) is 3.08. The van der Waals surface area contributed by atoms with Gasteiger partial charge in [0.2, 0.25) is 5.13 Å². The van der Waals surface area contributed by atoms with Gasteiger partial charge < -0.3 is 10.1 Å². The van der Waals surface area contributed by atoms with Gasteiger partial charge in [0, 0.05) is 21.7 Å². The molecule has 0 atom stereocenters. The molecule has 1 heterocycles. The third-order valence-electron chi connectivity index (χ3n) is 3.19. The molecule has 0 saturated carbocycles. The number of nitrogens with one attached hydrogen (secondary N) is 2. The predicted molar refractivity (Wildman–Crippen MR) is 107 cm³/mol. The number of urea groups is 1. The minimum atomic E-state index is -0.383. The van der Waals surface area contributed by atoms with Crippen molar-refractivity contribution in [3.05, 3.63) is 58.6 Å². The summed E-state index contributed by atoms with van der Waals surface area (Å²) in [6.07, 6.45) is 0. The zero-order chi connectivity index (χ0) is 18.4. The summed E-state index contributed by atoms with van der Waals surface area (Å²) in [4.78, 5) is 13.2. The second-order valence-corrected chi connectivity index (χ2v) is 7.60. The van der Waals surface area contributed by atoms with E-state index in [9.17, 15) is 4.79 Å². The van der Waals surface area contributed by atoms with Gasteiger partial charge in [0.1, 0.15) is 10.8 Å². The fraction of sp³-hybridized carbons (Fsp3) is 0.118. The monoisotopic (exact) mass is 406 g/mol. The predicted octanol–water partition coefficient (Wildman–Crippen LogP) is 5.14. The first kappa shape index (κ1) is 18.5. The number of benzene rings is 2. The number of aromatic nitrogens is 2. The minimum Gasteiger partial charge on any atom is -0.497 e. The zero-order valence-electron chi connectivity index (χ0n) is 13.7. The van der Waals surface area contributed by atoms with Gasteiger partial charge in [-0.2, -0.15) is 0 Å². The topological polar surface area (TPSA) is 76.1 Å². The molecule has 0 saturated heterocycles. The molecule has 0 aliphatic heterocycles. The van der Waals surface area contributed by atoms with Crippen molar-refractivity contribution in [1.82, 2.24) is 10.2 Å². The molecule has 9 heteroatoms. The molecule has 6 nitrogen and oxygen atoms in total. The van der Waals surface area contributed by atoms with Gasteiger partial charge in [-0.1, -0.05) is 29.0 Å². The van der Waals surface area contributed by atoms with Gasteiger partial charge in [-0.05, 0) is 36.4 Å². The van der Waals surface area contributed by atoms with Crippen molar-refractivity contribution < 1.29 is 9.53 Å². The van der Waals surface area contributed by atoms with Crippen LogP contribution < -0.4 is 15.4 Å². The first-order chi connectivity index (χ1) is 12.6. The summed E-state index contributed by atoms with van der Waals surface area (Å²) in [5, 5.41) is 15.5. The van der Waals surface area contributed by atoms with Gasteiger partial charge in [0.25, 0.3) is 0 Å². The molecule has 0 bridgehead atoms. The maximum atomic E-state index is 12.1. The van der Waals surface area contributed by atoms with Gasteiger partial charge >= 0.3 is 6.03 Å². The first-order valence-electron chi connectivity index (χ1n) is 7.55. The van der Waals surface area contributed by atoms with Crippen LogP contribution in [0.15, 0.2) is 53.4 Å². The van der Waals surface area contributed by atoms with Crippen LogP contribution in [0.3, 0.4) is 0 Å². The van der Waals surface area contributed by atoms with Crippen LogP contribution >= 0.6 is 34.7 Å². The summed E-state index contributed by atoms with van der Waals surface area (Å²) in [7, 11) is 1.57. The highest BCUT2D eigenvalue weighted by atomic mass is 35.5. The summed E-state index contributed by atoms with van der Waals surface area (Å²) in [6.45, 7) is 0. The van der Waals surface area contributed by atoms with Crippen LogP contribution in [0.2, 0.25) is 5.02 Å². The summed E-state index contributed by atoms with van der Waals surface area (Å²) in [6, 6.07) is 14.3. The van der Waals surface area contributed by atoms with E-state index in [0.29, 0.717) is 27.3 Å². The number of anilines is 2. The lowest BCUT2D eigenvalue weighted by Crippen LogP contribution is -2.19. The molecule has 0 unspecified atom stereocenters. The van der Waals surface area contributed by atoms with Gasteiger partial charge in [0.15, 0.2) is 0 Å². The maximum absolute atomic E-state index is 12.1. The number of rotatable bonds is 6. The Labute approximate surface area is 163 Å². The third kappa shape index (κ3) is 5.35. The molecule has 134 valence electrons. The van der Waals surface area contributed by atoms with E-state index < -0.39 is 0 Å². The number of amides is 2. The second kappa shape index (κ2) is 8.88. The van der Waals surface area contributed by atoms with E-state index in [4.69, 9.17) is 16.3 Å². The molecule has 2 N–H and O–H groups in total. The minimum absolute atomic E-state index is 0.383. The highest BCUT2D eigenvalue weighted by molar-refractivity contribution is 7.98. The number of methoxy groups -OCH3 is 1. The van der Waals surface area contributed by atoms with Crippen molar-refractivity contribution in [2.45, 2.75) is 10.6 Å². The van der Waals surface area contributed by atoms with E-state index in [2.05, 4.69) is 20.8 Å². The number of carbonyl (C=O) groups is 1. The maximum Gasteiger partial charge on any atom is 0.325 e. The van der Waals surface area contributed by atoms with E-state index in [1.54, 1.807) is 43.1 Å². The number of hydrogen-bond acceptors (Lipinski definition) is 6. The van der Waals surface area contributed by atoms with Gasteiger partial charge in [0.05, 0.1) is 12.9 Å². The lowest BCUT2D eigenvalue weighted by atomic mass is 10.3. The Balaban J connectivity index is 1.52. The average molecular weight is 407 g/mol. The van der Waals surface area contributed by atoms with Gasteiger partial charge in [-0.15, -0.1) is 22.0 Å². The zero-order valence-corrected chi connectivity index (χ0v) is 16.1. The molecular formula is C17H15ClN4O2S2. The smallest absolute Gasteiger partial charge is 0.325 e. The second-order valence-electron chi connectivity index (χ2n) is 5.05. The Kier molecular flexibility index (Phi) is 6.32. The Bertz CT molecular complexity index is 886. The molecule has 0 aliphatic rings. The quantitative estimate of drug-likeness (QED) is 0.554. The van der Waals surface area contributed by atoms with Crippen LogP contribution in [0.4, 0.5) is 15.6 Å². The van der Waals surface area contributed by atoms with Crippen molar-refractivity contribution in [3.8, 4) is 5.75 Å². The Morgan fingerprint density at radius 2 is 2.00 bits per heavy atom. The number of hydrogen-bond donors (Lipinski definition) is 2. The fourth-order valence-corrected chi connectivity index (χ4v) is 3.74. The molecule has 0 aliphatic carbocycles. The number of nitrogens with zero attached hydrogens (tertiary/aromatic N) is 2. The molecule has 0 fully saturated rings. The van der Waals surface area contributed by atoms with Crippen LogP contribution in [0.1, 0.15) is 5.01 Å². The molecule has 2 amide bonds. The fourth-order valence-electron chi connectivity index (χ4n) is 2.00. The normalized spacial score (nSPS) is 10.4. The van der Waals surface area contributed by atoms with E-state index in [1.165, 1.54) is 11.3 Å². The summed E-state index contributed by atoms with van der Waals surface area (Å²) in [5.74, 6) is 1.33. The molecule has 3 rings (SSSR count). The molecule has 26 heavy (non-hydrogen) atoms. The lowest BCUT2D eigenvalue weighted by molar-refractivity contribution is 0.262. The summed E-state index contributed by atoms with van der Waals surface area (Å²) < 4.78 is 5.13. The Morgan fingerprint density at radius 3 is 2.77 bits per heavy atom. The van der Waals surface area contributed by atoms with E-state index in [0.717, 1.165) is 9.90 Å². The summed E-state index contributed by atoms with van der Waals surface area (Å²) >= 11 is 8.84. The number of halogens is 1. The lowest BCUT2D eigenvalue weighted by Gasteiger charge is -2.06. The van der Waals surface area contributed by atoms with Crippen LogP contribution in [0.25, 0.3) is 0 Å². The standard InChI is InChI=1S/C17H15ClN4O2S2/c1-24-13-4-2-3-12(9-13)19-16(23)20-17-22-21-15(26-17)10-25-14-7-5-11(18)6-8-14/h2-9H,10H2,1H3,(H2,19,20,22,23). The highest BCUT2D eigenvalue weighted by Gasteiger charge is 2.09. The first-order valence-corrected chi connectivity index (χ1v) is 9.73. The SMILES string of the molecule is COc1cccc(NC(=O)Nc2nnc(CSc3ccc(Cl)cc3)s2)c1. The van der Waals surface area contributed by atoms with Crippen LogP contribution in [-0.2, 0) is 5.75 Å². The molecule has 1 aromatic heterocycles. The molecule has 3 aromatic rings. The van der Waals surface area contributed by atoms with E-state index >= 15 is 0 Å². The Hall–Kier alpha value is -2.29. The number of ether oxygens (including phenoxy) is 1. The third-order valence-corrected chi connectivity index (χ3v) is 5.49. The van der Waals surface area contributed by atoms with Crippen LogP contribution in [0, 0.1) is 0 Å². The van der Waals surface area contributed by atoms with Crippen molar-refractivity contribution >= 4 is 51.5 Å². The van der Waals surface area contributed by atoms with Crippen LogP contribution in [0.5, 0.6) is 5.75 Å². The van der Waals surface area contributed by atoms with E-state index in [-0.39, 0.29) is 6.03 Å². The molecule has 0 spiro atoms. The molecular weight excluding hydrogens is 392 g/mol. The van der Waals surface area contributed by atoms with E-state index in [1.807, 2.05) is 24.3 Å².